The maximum atomic E-state index is 14.5. The smallest absolute Gasteiger partial charge is 0.335 e. The largest absolute Gasteiger partial charge is 0.478 e. The van der Waals surface area contributed by atoms with Crippen LogP contribution in [0.15, 0.2) is 18.3 Å². The normalized spacial score (nSPS) is 23.6. The molecule has 2 unspecified atom stereocenters. The molecule has 0 spiro atoms. The van der Waals surface area contributed by atoms with E-state index in [2.05, 4.69) is 10.3 Å². The van der Waals surface area contributed by atoms with E-state index in [0.29, 0.717) is 62.9 Å². The lowest BCUT2D eigenvalue weighted by Crippen LogP contribution is -2.40. The number of carboxylic acid groups (broad SMARTS) is 1. The number of carbonyl (C=O) groups excluding carboxylic acids is 1. The number of aromatic carboxylic acids is 1. The van der Waals surface area contributed by atoms with Crippen LogP contribution < -0.4 is 0 Å². The zero-order chi connectivity index (χ0) is 25.6. The molecule has 1 aromatic heterocycles. The quantitative estimate of drug-likeness (QED) is 0.642. The number of carbonyl (C=O) groups is 2. The van der Waals surface area contributed by atoms with Crippen molar-refractivity contribution in [3.8, 4) is 0 Å². The van der Waals surface area contributed by atoms with Crippen LogP contribution in [0.25, 0.3) is 0 Å². The van der Waals surface area contributed by atoms with Crippen LogP contribution in [0.4, 0.5) is 4.39 Å². The van der Waals surface area contributed by atoms with Crippen molar-refractivity contribution in [2.45, 2.75) is 57.0 Å². The Labute approximate surface area is 209 Å². The second-order valence-electron chi connectivity index (χ2n) is 10.1. The maximum absolute atomic E-state index is 14.5. The van der Waals surface area contributed by atoms with E-state index in [1.165, 1.54) is 16.6 Å². The fraction of sp³-hybridized carbons (Fsp3) is 0.583. The summed E-state index contributed by atoms with van der Waals surface area (Å²) in [4.78, 5) is 26.4. The molecule has 2 aromatic rings. The van der Waals surface area contributed by atoms with Gasteiger partial charge in [-0.15, -0.1) is 5.10 Å². The van der Waals surface area contributed by atoms with Gasteiger partial charge in [-0.1, -0.05) is 5.21 Å². The molecular formula is C24H30FN5O5S. The second-order valence-corrected chi connectivity index (χ2v) is 12.1. The first-order valence-electron chi connectivity index (χ1n) is 12.3. The van der Waals surface area contributed by atoms with Gasteiger partial charge in [-0.05, 0) is 56.2 Å². The molecule has 1 amide bonds. The number of piperidine rings is 1. The van der Waals surface area contributed by atoms with Crippen molar-refractivity contribution in [2.75, 3.05) is 25.9 Å². The lowest BCUT2D eigenvalue weighted by Gasteiger charge is -2.31. The van der Waals surface area contributed by atoms with Crippen molar-refractivity contribution in [1.29, 1.82) is 0 Å². The Balaban J connectivity index is 1.21. The molecule has 0 radical (unpaired) electrons. The van der Waals surface area contributed by atoms with E-state index in [1.807, 2.05) is 10.9 Å². The Morgan fingerprint density at radius 3 is 2.53 bits per heavy atom. The third-order valence-electron chi connectivity index (χ3n) is 7.89. The molecule has 3 aliphatic rings. The molecule has 5 rings (SSSR count). The summed E-state index contributed by atoms with van der Waals surface area (Å²) in [5.74, 6) is -1.63. The predicted octanol–water partition coefficient (Wildman–Crippen LogP) is 2.18. The molecule has 10 nitrogen and oxygen atoms in total. The number of aromatic nitrogens is 3. The van der Waals surface area contributed by atoms with E-state index >= 15 is 0 Å². The Kier molecular flexibility index (Phi) is 6.58. The average Bonchev–Trinajstić information content (AvgIpc) is 3.53. The molecule has 12 heteroatoms. The molecular weight excluding hydrogens is 489 g/mol. The Bertz CT molecular complexity index is 1290. The number of hydrogen-bond acceptors (Lipinski definition) is 6. The summed E-state index contributed by atoms with van der Waals surface area (Å²) < 4.78 is 41.3. The summed E-state index contributed by atoms with van der Waals surface area (Å²) >= 11 is 0. The van der Waals surface area contributed by atoms with E-state index < -0.39 is 21.8 Å². The number of fused-ring (bicyclic) bond motifs is 1. The molecule has 2 fully saturated rings. The fourth-order valence-electron chi connectivity index (χ4n) is 5.85. The lowest BCUT2D eigenvalue weighted by atomic mass is 9.93. The highest BCUT2D eigenvalue weighted by atomic mass is 32.2. The third-order valence-corrected chi connectivity index (χ3v) is 9.20. The highest BCUT2D eigenvalue weighted by molar-refractivity contribution is 7.88. The minimum atomic E-state index is -3.18. The van der Waals surface area contributed by atoms with Crippen molar-refractivity contribution < 1.29 is 27.5 Å². The summed E-state index contributed by atoms with van der Waals surface area (Å²) in [6, 6.07) is 2.50. The first-order chi connectivity index (χ1) is 17.1. The fourth-order valence-corrected chi connectivity index (χ4v) is 6.72. The van der Waals surface area contributed by atoms with Gasteiger partial charge < -0.3 is 10.0 Å². The standard InChI is InChI=1S/C24H30FN5O5S/c1-36(34,35)29-10-6-15(7-11-29)22-14-30(27-26-22)17-3-2-16(12-17)23(31)28-9-8-18-19(24(32)33)4-5-21(25)20(18)13-28/h4-5,14-17H,2-3,6-13H2,1H3,(H,32,33). The van der Waals surface area contributed by atoms with Gasteiger partial charge in [-0.25, -0.2) is 26.6 Å². The first kappa shape index (κ1) is 24.8. The van der Waals surface area contributed by atoms with Crippen LogP contribution >= 0.6 is 0 Å². The molecule has 1 aromatic carbocycles. The number of amides is 1. The summed E-state index contributed by atoms with van der Waals surface area (Å²) in [5.41, 5.74) is 1.74. The molecule has 1 saturated carbocycles. The van der Waals surface area contributed by atoms with Crippen molar-refractivity contribution in [3.63, 3.8) is 0 Å². The van der Waals surface area contributed by atoms with Gasteiger partial charge in [0.05, 0.1) is 23.6 Å². The number of hydrogen-bond donors (Lipinski definition) is 1. The maximum Gasteiger partial charge on any atom is 0.335 e. The van der Waals surface area contributed by atoms with E-state index in [1.54, 1.807) is 4.90 Å². The van der Waals surface area contributed by atoms with E-state index in [9.17, 15) is 27.5 Å². The number of rotatable bonds is 5. The number of carboxylic acids is 1. The van der Waals surface area contributed by atoms with E-state index in [-0.39, 0.29) is 35.9 Å². The molecule has 1 N–H and O–H groups in total. The summed E-state index contributed by atoms with van der Waals surface area (Å²) in [6.07, 6.45) is 6.99. The van der Waals surface area contributed by atoms with Crippen LogP contribution in [0.5, 0.6) is 0 Å². The summed E-state index contributed by atoms with van der Waals surface area (Å²) in [5, 5.41) is 18.1. The highest BCUT2D eigenvalue weighted by Crippen LogP contribution is 2.37. The second kappa shape index (κ2) is 9.55. The van der Waals surface area contributed by atoms with Crippen molar-refractivity contribution in [1.82, 2.24) is 24.2 Å². The van der Waals surface area contributed by atoms with Gasteiger partial charge in [0.25, 0.3) is 0 Å². The van der Waals surface area contributed by atoms with Crippen molar-refractivity contribution in [2.24, 2.45) is 5.92 Å². The zero-order valence-electron chi connectivity index (χ0n) is 20.1. The molecule has 3 heterocycles. The monoisotopic (exact) mass is 519 g/mol. The summed E-state index contributed by atoms with van der Waals surface area (Å²) in [6.45, 7) is 1.41. The third kappa shape index (κ3) is 4.75. The van der Waals surface area contributed by atoms with Crippen molar-refractivity contribution in [3.05, 3.63) is 46.5 Å². The van der Waals surface area contributed by atoms with Gasteiger partial charge in [-0.3, -0.25) is 4.79 Å². The van der Waals surface area contributed by atoms with Gasteiger partial charge >= 0.3 is 5.97 Å². The highest BCUT2D eigenvalue weighted by Gasteiger charge is 2.36. The Hall–Kier alpha value is -2.86. The number of nitrogens with zero attached hydrogens (tertiary/aromatic N) is 5. The van der Waals surface area contributed by atoms with Crippen LogP contribution in [0.1, 0.15) is 71.2 Å². The topological polar surface area (TPSA) is 126 Å². The van der Waals surface area contributed by atoms with Crippen LogP contribution in [-0.2, 0) is 27.8 Å². The lowest BCUT2D eigenvalue weighted by molar-refractivity contribution is -0.136. The van der Waals surface area contributed by atoms with Gasteiger partial charge in [0, 0.05) is 49.8 Å². The van der Waals surface area contributed by atoms with Crippen LogP contribution in [0, 0.1) is 11.7 Å². The minimum absolute atomic E-state index is 0.0308. The van der Waals surface area contributed by atoms with Crippen LogP contribution in [0.3, 0.4) is 0 Å². The molecule has 36 heavy (non-hydrogen) atoms. The molecule has 1 aliphatic carbocycles. The molecule has 2 atom stereocenters. The van der Waals surface area contributed by atoms with E-state index in [0.717, 1.165) is 18.2 Å². The predicted molar refractivity (Wildman–Crippen MR) is 127 cm³/mol. The van der Waals surface area contributed by atoms with Gasteiger partial charge in [-0.2, -0.15) is 0 Å². The van der Waals surface area contributed by atoms with Crippen LogP contribution in [-0.4, -0.2) is 75.5 Å². The molecule has 1 saturated heterocycles. The SMILES string of the molecule is CS(=O)(=O)N1CCC(c2cn(C3CCC(C(=O)N4CCc5c(C(=O)O)ccc(F)c5C4)C3)nn2)CC1. The zero-order valence-corrected chi connectivity index (χ0v) is 21.0. The van der Waals surface area contributed by atoms with Crippen LogP contribution in [0.2, 0.25) is 0 Å². The number of benzene rings is 1. The molecule has 194 valence electrons. The van der Waals surface area contributed by atoms with Gasteiger partial charge in [0.15, 0.2) is 0 Å². The number of halogens is 1. The average molecular weight is 520 g/mol. The van der Waals surface area contributed by atoms with Gasteiger partial charge in [0.1, 0.15) is 5.82 Å². The van der Waals surface area contributed by atoms with E-state index in [4.69, 9.17) is 0 Å². The molecule has 2 aliphatic heterocycles. The van der Waals surface area contributed by atoms with Gasteiger partial charge in [0.2, 0.25) is 15.9 Å². The first-order valence-corrected chi connectivity index (χ1v) is 14.2. The minimum Gasteiger partial charge on any atom is -0.478 e. The van der Waals surface area contributed by atoms with Crippen molar-refractivity contribution >= 4 is 21.9 Å². The molecule has 0 bridgehead atoms. The Morgan fingerprint density at radius 2 is 1.83 bits per heavy atom. The summed E-state index contributed by atoms with van der Waals surface area (Å²) in [7, 11) is -3.18. The number of sulfonamides is 1. The Morgan fingerprint density at radius 1 is 1.08 bits per heavy atom.